The van der Waals surface area contributed by atoms with E-state index in [0.717, 1.165) is 5.69 Å². The van der Waals surface area contributed by atoms with Gasteiger partial charge in [0.15, 0.2) is 0 Å². The molecule has 0 spiro atoms. The molecule has 0 fully saturated rings. The summed E-state index contributed by atoms with van der Waals surface area (Å²) in [5.41, 5.74) is 6.51. The highest BCUT2D eigenvalue weighted by Gasteiger charge is 2.14. The lowest BCUT2D eigenvalue weighted by molar-refractivity contribution is 1.33. The molecule has 2 rings (SSSR count). The second-order valence-electron chi connectivity index (χ2n) is 3.06. The van der Waals surface area contributed by atoms with Crippen LogP contribution >= 0.6 is 31.9 Å². The van der Waals surface area contributed by atoms with Gasteiger partial charge >= 0.3 is 0 Å². The van der Waals surface area contributed by atoms with Gasteiger partial charge in [-0.05, 0) is 56.1 Å². The molecule has 0 radical (unpaired) electrons. The van der Waals surface area contributed by atoms with Crippen LogP contribution in [-0.4, -0.2) is 16.4 Å². The molecule has 1 aromatic heterocycles. The lowest BCUT2D eigenvalue weighted by Crippen LogP contribution is -2.14. The van der Waals surface area contributed by atoms with Gasteiger partial charge in [0, 0.05) is 27.0 Å². The molecule has 0 aromatic carbocycles. The molecule has 0 saturated carbocycles. The molecule has 4 nitrogen and oxygen atoms in total. The number of nitrogen functional groups attached to an aromatic ring is 1. The van der Waals surface area contributed by atoms with Gasteiger partial charge < -0.3 is 5.73 Å². The van der Waals surface area contributed by atoms with E-state index in [0.29, 0.717) is 8.96 Å². The van der Waals surface area contributed by atoms with Crippen LogP contribution in [0.3, 0.4) is 0 Å². The molecule has 0 amide bonds. The second kappa shape index (κ2) is 6.46. The van der Waals surface area contributed by atoms with Crippen LogP contribution in [0.15, 0.2) is 45.6 Å². The fourth-order valence-electron chi connectivity index (χ4n) is 0.915. The zero-order chi connectivity index (χ0) is 12.8. The van der Waals surface area contributed by atoms with E-state index in [1.807, 2.05) is 0 Å². The van der Waals surface area contributed by atoms with Crippen LogP contribution in [0.25, 0.3) is 0 Å². The summed E-state index contributed by atoms with van der Waals surface area (Å²) in [4.78, 5) is 3.77. The Morgan fingerprint density at radius 2 is 1.35 bits per heavy atom. The first-order valence-corrected chi connectivity index (χ1v) is 6.17. The van der Waals surface area contributed by atoms with Gasteiger partial charge in [0.2, 0.25) is 0 Å². The highest BCUT2D eigenvalue weighted by atomic mass is 79.9. The molecule has 88 valence electrons. The fraction of sp³-hybridized carbons (Fsp3) is 0. The van der Waals surface area contributed by atoms with Gasteiger partial charge in [-0.25, -0.2) is 0 Å². The Kier molecular flexibility index (Phi) is 5.24. The Morgan fingerprint density at radius 1 is 0.941 bits per heavy atom. The number of allylic oxidation sites excluding steroid dienone is 4. The minimum Gasteiger partial charge on any atom is -0.399 e. The minimum atomic E-state index is 0.217. The Bertz CT molecular complexity index is 455. The number of hydrogen-bond donors (Lipinski definition) is 3. The summed E-state index contributed by atoms with van der Waals surface area (Å²) >= 11 is 6.30. The molecular weight excluding hydrogens is 348 g/mol. The molecule has 1 aromatic rings. The molecule has 17 heavy (non-hydrogen) atoms. The molecular formula is C11H10Br2N4. The van der Waals surface area contributed by atoms with E-state index in [9.17, 15) is 0 Å². The minimum absolute atomic E-state index is 0.217. The SMILES string of the molecule is N=C1C(=N)C(Br)=CC=C1Br.Nc1ccncc1. The van der Waals surface area contributed by atoms with Crippen molar-refractivity contribution in [2.24, 2.45) is 0 Å². The van der Waals surface area contributed by atoms with E-state index < -0.39 is 0 Å². The number of nitrogens with one attached hydrogen (secondary N) is 2. The van der Waals surface area contributed by atoms with Gasteiger partial charge in [-0.15, -0.1) is 0 Å². The van der Waals surface area contributed by atoms with Crippen molar-refractivity contribution in [3.8, 4) is 0 Å². The summed E-state index contributed by atoms with van der Waals surface area (Å²) in [5.74, 6) is 0. The van der Waals surface area contributed by atoms with Gasteiger partial charge in [0.25, 0.3) is 0 Å². The largest absolute Gasteiger partial charge is 0.399 e. The fourth-order valence-corrected chi connectivity index (χ4v) is 1.58. The van der Waals surface area contributed by atoms with Crippen LogP contribution in [0.5, 0.6) is 0 Å². The average Bonchev–Trinajstić information content (AvgIpc) is 2.33. The molecule has 6 heteroatoms. The molecule has 0 aliphatic heterocycles. The maximum Gasteiger partial charge on any atom is 0.0942 e. The number of hydrogen-bond acceptors (Lipinski definition) is 4. The van der Waals surface area contributed by atoms with E-state index in [-0.39, 0.29) is 11.4 Å². The van der Waals surface area contributed by atoms with Gasteiger partial charge in [0.05, 0.1) is 11.4 Å². The number of halogens is 2. The topological polar surface area (TPSA) is 86.6 Å². The van der Waals surface area contributed by atoms with E-state index >= 15 is 0 Å². The van der Waals surface area contributed by atoms with Crippen molar-refractivity contribution in [3.63, 3.8) is 0 Å². The summed E-state index contributed by atoms with van der Waals surface area (Å²) in [6.45, 7) is 0. The van der Waals surface area contributed by atoms with Crippen molar-refractivity contribution in [2.45, 2.75) is 0 Å². The van der Waals surface area contributed by atoms with Crippen LogP contribution in [0.2, 0.25) is 0 Å². The number of nitrogens with zero attached hydrogens (tertiary/aromatic N) is 1. The number of anilines is 1. The maximum absolute atomic E-state index is 7.32. The summed E-state index contributed by atoms with van der Waals surface area (Å²) in [6.07, 6.45) is 6.81. The molecule has 1 aliphatic carbocycles. The molecule has 0 saturated heterocycles. The van der Waals surface area contributed by atoms with Crippen molar-refractivity contribution in [3.05, 3.63) is 45.6 Å². The average molecular weight is 358 g/mol. The van der Waals surface area contributed by atoms with E-state index in [1.54, 1.807) is 36.7 Å². The highest BCUT2D eigenvalue weighted by molar-refractivity contribution is 9.12. The summed E-state index contributed by atoms with van der Waals surface area (Å²) in [5, 5.41) is 14.6. The standard InChI is InChI=1S/C6H4Br2N2.C5H6N2/c7-3-1-2-4(8)6(10)5(3)9;6-5-1-3-7-4-2-5/h1-2,9-10H;1-4H,(H2,6,7). The molecule has 0 unspecified atom stereocenters. The number of rotatable bonds is 0. The van der Waals surface area contributed by atoms with E-state index in [4.69, 9.17) is 16.6 Å². The van der Waals surface area contributed by atoms with Crippen LogP contribution in [-0.2, 0) is 0 Å². The lowest BCUT2D eigenvalue weighted by Gasteiger charge is -2.07. The first-order valence-electron chi connectivity index (χ1n) is 4.59. The van der Waals surface area contributed by atoms with Crippen LogP contribution < -0.4 is 5.73 Å². The maximum atomic E-state index is 7.32. The first-order chi connectivity index (χ1) is 8.02. The van der Waals surface area contributed by atoms with E-state index in [1.165, 1.54) is 0 Å². The van der Waals surface area contributed by atoms with Gasteiger partial charge in [-0.2, -0.15) is 0 Å². The third kappa shape index (κ3) is 4.24. The van der Waals surface area contributed by atoms with Crippen molar-refractivity contribution < 1.29 is 0 Å². The Morgan fingerprint density at radius 3 is 1.65 bits per heavy atom. The Hall–Kier alpha value is -1.27. The van der Waals surface area contributed by atoms with Gasteiger partial charge in [0.1, 0.15) is 0 Å². The quantitative estimate of drug-likeness (QED) is 0.622. The van der Waals surface area contributed by atoms with Crippen LogP contribution in [0, 0.1) is 10.8 Å². The van der Waals surface area contributed by atoms with Crippen molar-refractivity contribution in [1.29, 1.82) is 10.8 Å². The highest BCUT2D eigenvalue weighted by Crippen LogP contribution is 2.20. The Labute approximate surface area is 116 Å². The first kappa shape index (κ1) is 13.8. The third-order valence-electron chi connectivity index (χ3n) is 1.81. The summed E-state index contributed by atoms with van der Waals surface area (Å²) in [7, 11) is 0. The third-order valence-corrected chi connectivity index (χ3v) is 3.13. The normalized spacial score (nSPS) is 14.5. The smallest absolute Gasteiger partial charge is 0.0942 e. The van der Waals surface area contributed by atoms with Crippen molar-refractivity contribution in [1.82, 2.24) is 4.98 Å². The predicted octanol–water partition coefficient (Wildman–Crippen LogP) is 3.26. The molecule has 1 heterocycles. The van der Waals surface area contributed by atoms with Crippen molar-refractivity contribution in [2.75, 3.05) is 5.73 Å². The van der Waals surface area contributed by atoms with Crippen molar-refractivity contribution >= 4 is 49.0 Å². The summed E-state index contributed by atoms with van der Waals surface area (Å²) in [6, 6.07) is 3.50. The summed E-state index contributed by atoms with van der Waals surface area (Å²) < 4.78 is 1.31. The lowest BCUT2D eigenvalue weighted by atomic mass is 10.1. The molecule has 1 aliphatic rings. The molecule has 4 N–H and O–H groups in total. The number of nitrogens with two attached hydrogens (primary N) is 1. The van der Waals surface area contributed by atoms with Crippen LogP contribution in [0.1, 0.15) is 0 Å². The zero-order valence-electron chi connectivity index (χ0n) is 8.74. The number of aromatic nitrogens is 1. The zero-order valence-corrected chi connectivity index (χ0v) is 11.9. The molecule has 0 atom stereocenters. The van der Waals surface area contributed by atoms with Crippen LogP contribution in [0.4, 0.5) is 5.69 Å². The van der Waals surface area contributed by atoms with E-state index in [2.05, 4.69) is 36.8 Å². The predicted molar refractivity (Wildman–Crippen MR) is 78.1 cm³/mol. The van der Waals surface area contributed by atoms with Gasteiger partial charge in [-0.3, -0.25) is 15.8 Å². The Balaban J connectivity index is 0.000000181. The van der Waals surface area contributed by atoms with Gasteiger partial charge in [-0.1, -0.05) is 0 Å². The molecule has 0 bridgehead atoms. The number of pyridine rings is 1. The second-order valence-corrected chi connectivity index (χ2v) is 4.77. The monoisotopic (exact) mass is 356 g/mol.